The van der Waals surface area contributed by atoms with Gasteiger partial charge in [0.25, 0.3) is 0 Å². The van der Waals surface area contributed by atoms with Crippen LogP contribution in [0.1, 0.15) is 38.7 Å². The van der Waals surface area contributed by atoms with Crippen molar-refractivity contribution in [2.75, 3.05) is 27.4 Å². The molecule has 1 saturated heterocycles. The van der Waals surface area contributed by atoms with Crippen LogP contribution < -0.4 is 9.47 Å². The molecule has 0 spiro atoms. The van der Waals surface area contributed by atoms with Crippen LogP contribution in [-0.2, 0) is 11.3 Å². The minimum Gasteiger partial charge on any atom is -0.497 e. The summed E-state index contributed by atoms with van der Waals surface area (Å²) in [5.41, 5.74) is 0.920. The molecular weight excluding hydrogens is 306 g/mol. The summed E-state index contributed by atoms with van der Waals surface area (Å²) in [6.45, 7) is 5.85. The van der Waals surface area contributed by atoms with Gasteiger partial charge in [-0.15, -0.1) is 0 Å². The van der Waals surface area contributed by atoms with Gasteiger partial charge in [0.15, 0.2) is 0 Å². The summed E-state index contributed by atoms with van der Waals surface area (Å²) in [5, 5.41) is 10.3. The van der Waals surface area contributed by atoms with Gasteiger partial charge in [-0.1, -0.05) is 6.42 Å². The van der Waals surface area contributed by atoms with Crippen molar-refractivity contribution in [2.45, 2.75) is 57.9 Å². The maximum atomic E-state index is 10.3. The lowest BCUT2D eigenvalue weighted by Crippen LogP contribution is -2.48. The molecule has 1 heterocycles. The number of hydrogen-bond acceptors (Lipinski definition) is 5. The lowest BCUT2D eigenvalue weighted by Gasteiger charge is -2.40. The fourth-order valence-corrected chi connectivity index (χ4v) is 3.43. The Bertz CT molecular complexity index is 498. The quantitative estimate of drug-likeness (QED) is 0.790. The van der Waals surface area contributed by atoms with Gasteiger partial charge in [-0.05, 0) is 44.9 Å². The molecule has 5 nitrogen and oxygen atoms in total. The average molecular weight is 337 g/mol. The van der Waals surface area contributed by atoms with Crippen LogP contribution in [0.5, 0.6) is 11.5 Å². The molecule has 2 rings (SSSR count). The van der Waals surface area contributed by atoms with Crippen LogP contribution in [0.4, 0.5) is 0 Å². The first-order valence-corrected chi connectivity index (χ1v) is 8.77. The van der Waals surface area contributed by atoms with Crippen LogP contribution in [0.2, 0.25) is 0 Å². The summed E-state index contributed by atoms with van der Waals surface area (Å²) in [7, 11) is 3.27. The lowest BCUT2D eigenvalue weighted by atomic mass is 9.97. The van der Waals surface area contributed by atoms with E-state index in [-0.39, 0.29) is 0 Å². The Morgan fingerprint density at radius 2 is 1.88 bits per heavy atom. The van der Waals surface area contributed by atoms with Crippen molar-refractivity contribution in [1.82, 2.24) is 4.90 Å². The number of aliphatic hydroxyl groups excluding tert-OH is 1. The van der Waals surface area contributed by atoms with Gasteiger partial charge in [0.1, 0.15) is 11.5 Å². The molecule has 1 aromatic rings. The van der Waals surface area contributed by atoms with E-state index in [1.165, 1.54) is 19.3 Å². The van der Waals surface area contributed by atoms with Crippen molar-refractivity contribution in [2.24, 2.45) is 0 Å². The molecule has 1 aliphatic heterocycles. The molecular formula is C19H31NO4. The largest absolute Gasteiger partial charge is 0.497 e. The molecule has 0 unspecified atom stereocenters. The fraction of sp³-hybridized carbons (Fsp3) is 0.684. The summed E-state index contributed by atoms with van der Waals surface area (Å²) in [4.78, 5) is 2.39. The van der Waals surface area contributed by atoms with E-state index in [0.29, 0.717) is 31.8 Å². The minimum atomic E-state index is -0.482. The molecule has 1 aliphatic rings. The molecule has 0 amide bonds. The Morgan fingerprint density at radius 1 is 1.17 bits per heavy atom. The number of nitrogens with zero attached hydrogens (tertiary/aromatic N) is 1. The Labute approximate surface area is 145 Å². The number of β-amino-alcohol motifs (C(OH)–C–C–N with tert-alkyl or cyclic N) is 1. The normalized spacial score (nSPS) is 23.0. The summed E-state index contributed by atoms with van der Waals surface area (Å²) < 4.78 is 16.3. The third-order valence-electron chi connectivity index (χ3n) is 4.85. The number of piperidine rings is 1. The second-order valence-corrected chi connectivity index (χ2v) is 6.67. The summed E-state index contributed by atoms with van der Waals surface area (Å²) in [6, 6.07) is 6.69. The molecule has 3 atom stereocenters. The van der Waals surface area contributed by atoms with Crippen molar-refractivity contribution >= 4 is 0 Å². The maximum Gasteiger partial charge on any atom is 0.124 e. The Morgan fingerprint density at radius 3 is 2.50 bits per heavy atom. The van der Waals surface area contributed by atoms with E-state index < -0.39 is 6.10 Å². The van der Waals surface area contributed by atoms with Gasteiger partial charge in [-0.3, -0.25) is 4.90 Å². The predicted octanol–water partition coefficient (Wildman–Crippen LogP) is 2.84. The number of ether oxygens (including phenoxy) is 3. The van der Waals surface area contributed by atoms with Crippen molar-refractivity contribution in [3.63, 3.8) is 0 Å². The second kappa shape index (κ2) is 9.25. The SMILES string of the molecule is COc1ccc(OC)c(COC[C@H](O)CN2[C@H](C)CCC[C@@H]2C)c1. The monoisotopic (exact) mass is 337 g/mol. The molecule has 0 saturated carbocycles. The van der Waals surface area contributed by atoms with E-state index in [1.54, 1.807) is 14.2 Å². The molecule has 0 bridgehead atoms. The standard InChI is InChI=1S/C19H31NO4/c1-14-6-5-7-15(2)20(14)11-17(21)13-24-12-16-10-18(22-3)8-9-19(16)23-4/h8-10,14-15,17,21H,5-7,11-13H2,1-4H3/t14-,15+,17-/m1/s1. The molecule has 0 radical (unpaired) electrons. The lowest BCUT2D eigenvalue weighted by molar-refractivity contribution is -0.0138. The van der Waals surface area contributed by atoms with E-state index in [9.17, 15) is 5.11 Å². The first-order chi connectivity index (χ1) is 11.5. The van der Waals surface area contributed by atoms with E-state index in [4.69, 9.17) is 14.2 Å². The Kier molecular flexibility index (Phi) is 7.34. The van der Waals surface area contributed by atoms with Gasteiger partial charge in [0, 0.05) is 24.2 Å². The average Bonchev–Trinajstić information content (AvgIpc) is 2.58. The highest BCUT2D eigenvalue weighted by Crippen LogP contribution is 2.25. The van der Waals surface area contributed by atoms with E-state index in [1.807, 2.05) is 18.2 Å². The number of benzene rings is 1. The molecule has 1 N–H and O–H groups in total. The molecule has 1 aromatic carbocycles. The zero-order valence-electron chi connectivity index (χ0n) is 15.3. The molecule has 24 heavy (non-hydrogen) atoms. The van der Waals surface area contributed by atoms with Crippen LogP contribution in [0.3, 0.4) is 0 Å². The number of hydrogen-bond donors (Lipinski definition) is 1. The van der Waals surface area contributed by atoms with Crippen molar-refractivity contribution in [1.29, 1.82) is 0 Å². The van der Waals surface area contributed by atoms with Gasteiger partial charge in [-0.2, -0.15) is 0 Å². The summed E-state index contributed by atoms with van der Waals surface area (Å²) >= 11 is 0. The fourth-order valence-electron chi connectivity index (χ4n) is 3.43. The first kappa shape index (κ1) is 19.0. The summed E-state index contributed by atoms with van der Waals surface area (Å²) in [6.07, 6.45) is 3.21. The molecule has 5 heteroatoms. The Hall–Kier alpha value is -1.30. The van der Waals surface area contributed by atoms with Gasteiger partial charge in [-0.25, -0.2) is 0 Å². The van der Waals surface area contributed by atoms with Crippen LogP contribution in [0.15, 0.2) is 18.2 Å². The van der Waals surface area contributed by atoms with Gasteiger partial charge < -0.3 is 19.3 Å². The van der Waals surface area contributed by atoms with E-state index in [0.717, 1.165) is 17.1 Å². The van der Waals surface area contributed by atoms with Gasteiger partial charge >= 0.3 is 0 Å². The van der Waals surface area contributed by atoms with E-state index >= 15 is 0 Å². The second-order valence-electron chi connectivity index (χ2n) is 6.67. The van der Waals surface area contributed by atoms with Crippen molar-refractivity contribution < 1.29 is 19.3 Å². The van der Waals surface area contributed by atoms with Crippen molar-refractivity contribution in [3.05, 3.63) is 23.8 Å². The number of rotatable bonds is 8. The third kappa shape index (κ3) is 5.10. The topological polar surface area (TPSA) is 51.2 Å². The smallest absolute Gasteiger partial charge is 0.124 e. The van der Waals surface area contributed by atoms with Crippen molar-refractivity contribution in [3.8, 4) is 11.5 Å². The van der Waals surface area contributed by atoms with Crippen LogP contribution in [-0.4, -0.2) is 55.6 Å². The van der Waals surface area contributed by atoms with Crippen LogP contribution in [0, 0.1) is 0 Å². The zero-order valence-corrected chi connectivity index (χ0v) is 15.3. The highest BCUT2D eigenvalue weighted by Gasteiger charge is 2.26. The molecule has 136 valence electrons. The van der Waals surface area contributed by atoms with Crippen LogP contribution in [0.25, 0.3) is 0 Å². The Balaban J connectivity index is 1.83. The van der Waals surface area contributed by atoms with Gasteiger partial charge in [0.2, 0.25) is 0 Å². The minimum absolute atomic E-state index is 0.316. The van der Waals surface area contributed by atoms with Gasteiger partial charge in [0.05, 0.1) is 33.5 Å². The molecule has 0 aromatic heterocycles. The zero-order chi connectivity index (χ0) is 17.5. The highest BCUT2D eigenvalue weighted by atomic mass is 16.5. The highest BCUT2D eigenvalue weighted by molar-refractivity contribution is 5.39. The van der Waals surface area contributed by atoms with Crippen LogP contribution >= 0.6 is 0 Å². The molecule has 1 fully saturated rings. The third-order valence-corrected chi connectivity index (χ3v) is 4.85. The molecule has 0 aliphatic carbocycles. The maximum absolute atomic E-state index is 10.3. The summed E-state index contributed by atoms with van der Waals surface area (Å²) in [5.74, 6) is 1.54. The number of likely N-dealkylation sites (tertiary alicyclic amines) is 1. The predicted molar refractivity (Wildman–Crippen MR) is 94.7 cm³/mol. The number of methoxy groups -OCH3 is 2. The number of aliphatic hydroxyl groups is 1. The first-order valence-electron chi connectivity index (χ1n) is 8.77. The van der Waals surface area contributed by atoms with E-state index in [2.05, 4.69) is 18.7 Å².